The zero-order valence-electron chi connectivity index (χ0n) is 23.0. The Bertz CT molecular complexity index is 1770. The van der Waals surface area contributed by atoms with Crippen molar-refractivity contribution in [1.29, 1.82) is 5.26 Å². The SMILES string of the molecule is Cc1c(-c2cccc(C(=O)OCc3ccccc3)c2)c(N2CCCC2N(C)C)n2c(nc3ccccc32)c1C#N. The Balaban J connectivity index is 1.55. The van der Waals surface area contributed by atoms with Crippen LogP contribution in [0.3, 0.4) is 0 Å². The second kappa shape index (κ2) is 10.5. The number of para-hydroxylation sites is 2. The first kappa shape index (κ1) is 25.6. The van der Waals surface area contributed by atoms with E-state index in [1.54, 1.807) is 6.07 Å². The molecule has 0 saturated carbocycles. The molecule has 0 bridgehead atoms. The van der Waals surface area contributed by atoms with Crippen LogP contribution < -0.4 is 4.90 Å². The van der Waals surface area contributed by atoms with Crippen molar-refractivity contribution in [2.24, 2.45) is 0 Å². The minimum Gasteiger partial charge on any atom is -0.457 e. The molecule has 200 valence electrons. The number of nitriles is 1. The van der Waals surface area contributed by atoms with Crippen LogP contribution in [0.1, 0.15) is 39.9 Å². The molecule has 0 radical (unpaired) electrons. The van der Waals surface area contributed by atoms with Crippen molar-refractivity contribution in [3.05, 3.63) is 101 Å². The third-order valence-electron chi connectivity index (χ3n) is 7.77. The Kier molecular flexibility index (Phi) is 6.71. The van der Waals surface area contributed by atoms with Crippen molar-refractivity contribution in [3.63, 3.8) is 0 Å². The van der Waals surface area contributed by atoms with Gasteiger partial charge in [0.25, 0.3) is 0 Å². The lowest BCUT2D eigenvalue weighted by Gasteiger charge is -2.34. The molecule has 7 nitrogen and oxygen atoms in total. The lowest BCUT2D eigenvalue weighted by atomic mass is 9.95. The van der Waals surface area contributed by atoms with Gasteiger partial charge in [0.1, 0.15) is 18.5 Å². The fourth-order valence-electron chi connectivity index (χ4n) is 5.87. The van der Waals surface area contributed by atoms with Gasteiger partial charge in [-0.15, -0.1) is 0 Å². The van der Waals surface area contributed by atoms with E-state index in [4.69, 9.17) is 9.72 Å². The number of carbonyl (C=O) groups excluding carboxylic acids is 1. The fraction of sp³-hybridized carbons (Fsp3) is 0.242. The second-order valence-corrected chi connectivity index (χ2v) is 10.5. The largest absolute Gasteiger partial charge is 0.457 e. The first-order valence-electron chi connectivity index (χ1n) is 13.6. The summed E-state index contributed by atoms with van der Waals surface area (Å²) in [6.45, 7) is 3.07. The molecule has 3 aromatic carbocycles. The van der Waals surface area contributed by atoms with Crippen molar-refractivity contribution in [1.82, 2.24) is 14.3 Å². The summed E-state index contributed by atoms with van der Waals surface area (Å²) in [4.78, 5) is 22.7. The Morgan fingerprint density at radius 1 is 1.07 bits per heavy atom. The van der Waals surface area contributed by atoms with Gasteiger partial charge in [-0.05, 0) is 74.8 Å². The molecule has 0 spiro atoms. The lowest BCUT2D eigenvalue weighted by Crippen LogP contribution is -2.41. The maximum atomic E-state index is 13.1. The molecule has 7 heteroatoms. The third-order valence-corrected chi connectivity index (χ3v) is 7.77. The molecule has 0 aliphatic carbocycles. The summed E-state index contributed by atoms with van der Waals surface area (Å²) in [5.41, 5.74) is 7.03. The zero-order valence-corrected chi connectivity index (χ0v) is 23.0. The number of hydrogen-bond acceptors (Lipinski definition) is 6. The van der Waals surface area contributed by atoms with Crippen LogP contribution in [0.15, 0.2) is 78.9 Å². The monoisotopic (exact) mass is 529 g/mol. The predicted molar refractivity (Wildman–Crippen MR) is 157 cm³/mol. The van der Waals surface area contributed by atoms with Gasteiger partial charge in [-0.25, -0.2) is 9.78 Å². The smallest absolute Gasteiger partial charge is 0.338 e. The molecule has 1 unspecified atom stereocenters. The van der Waals surface area contributed by atoms with E-state index in [1.165, 1.54) is 0 Å². The Morgan fingerprint density at radius 3 is 2.62 bits per heavy atom. The number of imidazole rings is 1. The van der Waals surface area contributed by atoms with Crippen LogP contribution in [0, 0.1) is 18.3 Å². The number of aromatic nitrogens is 2. The van der Waals surface area contributed by atoms with E-state index in [-0.39, 0.29) is 18.7 Å². The van der Waals surface area contributed by atoms with Gasteiger partial charge in [-0.1, -0.05) is 54.6 Å². The number of anilines is 1. The van der Waals surface area contributed by atoms with Crippen molar-refractivity contribution in [2.75, 3.05) is 25.5 Å². The van der Waals surface area contributed by atoms with Gasteiger partial charge < -0.3 is 9.64 Å². The van der Waals surface area contributed by atoms with Gasteiger partial charge in [0, 0.05) is 12.1 Å². The van der Waals surface area contributed by atoms with Crippen molar-refractivity contribution in [3.8, 4) is 17.2 Å². The molecule has 5 aromatic rings. The van der Waals surface area contributed by atoms with E-state index < -0.39 is 0 Å². The number of rotatable bonds is 6. The normalized spacial score (nSPS) is 15.2. The first-order chi connectivity index (χ1) is 19.5. The molecule has 40 heavy (non-hydrogen) atoms. The molecule has 6 rings (SSSR count). The molecule has 1 aliphatic heterocycles. The van der Waals surface area contributed by atoms with E-state index in [2.05, 4.69) is 40.4 Å². The highest BCUT2D eigenvalue weighted by atomic mass is 16.5. The van der Waals surface area contributed by atoms with E-state index >= 15 is 0 Å². The molecule has 2 aromatic heterocycles. The number of ether oxygens (including phenoxy) is 1. The van der Waals surface area contributed by atoms with Gasteiger partial charge >= 0.3 is 5.97 Å². The molecule has 0 amide bonds. The summed E-state index contributed by atoms with van der Waals surface area (Å²) in [5, 5.41) is 10.3. The Labute approximate surface area is 233 Å². The minimum atomic E-state index is -0.382. The van der Waals surface area contributed by atoms with Gasteiger partial charge in [0.05, 0.1) is 28.3 Å². The van der Waals surface area contributed by atoms with Crippen molar-refractivity contribution >= 4 is 28.5 Å². The maximum absolute atomic E-state index is 13.1. The number of esters is 1. The Hall–Kier alpha value is -4.67. The van der Waals surface area contributed by atoms with Crippen LogP contribution in [0.2, 0.25) is 0 Å². The summed E-state index contributed by atoms with van der Waals surface area (Å²) in [5.74, 6) is 0.609. The van der Waals surface area contributed by atoms with Crippen LogP contribution in [0.5, 0.6) is 0 Å². The topological polar surface area (TPSA) is 73.9 Å². The zero-order chi connectivity index (χ0) is 27.8. The minimum absolute atomic E-state index is 0.189. The number of hydrogen-bond donors (Lipinski definition) is 0. The first-order valence-corrected chi connectivity index (χ1v) is 13.6. The molecule has 3 heterocycles. The molecular formula is C33H31N5O2. The summed E-state index contributed by atoms with van der Waals surface area (Å²) in [6.07, 6.45) is 2.28. The highest BCUT2D eigenvalue weighted by Crippen LogP contribution is 2.42. The van der Waals surface area contributed by atoms with Crippen LogP contribution in [0.4, 0.5) is 5.82 Å². The van der Waals surface area contributed by atoms with E-state index in [0.717, 1.165) is 58.5 Å². The number of pyridine rings is 1. The standard InChI is InChI=1S/C33H31N5O2/c1-22-26(20-34)31-35-27-15-7-8-16-28(27)38(31)32(37-18-10-17-29(37)36(2)3)30(22)24-13-9-14-25(19-24)33(39)40-21-23-11-5-4-6-12-23/h4-9,11-16,19,29H,10,17-18,21H2,1-3H3. The predicted octanol–water partition coefficient (Wildman–Crippen LogP) is 6.18. The number of carbonyl (C=O) groups is 1. The van der Waals surface area contributed by atoms with Crippen molar-refractivity contribution in [2.45, 2.75) is 32.5 Å². The van der Waals surface area contributed by atoms with Crippen LogP contribution >= 0.6 is 0 Å². The van der Waals surface area contributed by atoms with E-state index in [9.17, 15) is 10.1 Å². The summed E-state index contributed by atoms with van der Waals surface area (Å²) >= 11 is 0. The summed E-state index contributed by atoms with van der Waals surface area (Å²) < 4.78 is 7.79. The molecule has 1 aliphatic rings. The highest BCUT2D eigenvalue weighted by molar-refractivity contribution is 5.95. The number of benzene rings is 3. The average Bonchev–Trinajstić information content (AvgIpc) is 3.61. The highest BCUT2D eigenvalue weighted by Gasteiger charge is 2.33. The van der Waals surface area contributed by atoms with Crippen LogP contribution in [-0.4, -0.2) is 47.1 Å². The molecule has 1 fully saturated rings. The molecular weight excluding hydrogens is 498 g/mol. The van der Waals surface area contributed by atoms with Gasteiger partial charge in [0.15, 0.2) is 5.65 Å². The van der Waals surface area contributed by atoms with Gasteiger partial charge in [-0.2, -0.15) is 5.26 Å². The van der Waals surface area contributed by atoms with E-state index in [0.29, 0.717) is 16.8 Å². The summed E-state index contributed by atoms with van der Waals surface area (Å²) in [7, 11) is 4.21. The molecule has 1 atom stereocenters. The number of nitrogens with zero attached hydrogens (tertiary/aromatic N) is 5. The molecule has 0 N–H and O–H groups in total. The number of fused-ring (bicyclic) bond motifs is 3. The average molecular weight is 530 g/mol. The van der Waals surface area contributed by atoms with Crippen LogP contribution in [-0.2, 0) is 11.3 Å². The fourth-order valence-corrected chi connectivity index (χ4v) is 5.87. The lowest BCUT2D eigenvalue weighted by molar-refractivity contribution is 0.0472. The van der Waals surface area contributed by atoms with Gasteiger partial charge in [-0.3, -0.25) is 9.30 Å². The molecule has 1 saturated heterocycles. The second-order valence-electron chi connectivity index (χ2n) is 10.5. The van der Waals surface area contributed by atoms with Crippen LogP contribution in [0.25, 0.3) is 27.8 Å². The van der Waals surface area contributed by atoms with E-state index in [1.807, 2.05) is 73.7 Å². The third kappa shape index (κ3) is 4.37. The maximum Gasteiger partial charge on any atom is 0.338 e. The Morgan fingerprint density at radius 2 is 1.85 bits per heavy atom. The van der Waals surface area contributed by atoms with Gasteiger partial charge in [0.2, 0.25) is 0 Å². The van der Waals surface area contributed by atoms with Crippen molar-refractivity contribution < 1.29 is 9.53 Å². The quantitative estimate of drug-likeness (QED) is 0.245. The summed E-state index contributed by atoms with van der Waals surface area (Å²) in [6, 6.07) is 27.7.